The quantitative estimate of drug-likeness (QED) is 0.267. The molecule has 4 aromatic rings. The summed E-state index contributed by atoms with van der Waals surface area (Å²) < 4.78 is 3.63. The maximum Gasteiger partial charge on any atom is 0.407 e. The van der Waals surface area contributed by atoms with Crippen molar-refractivity contribution >= 4 is 40.6 Å². The monoisotopic (exact) mass is 558 g/mol. The summed E-state index contributed by atoms with van der Waals surface area (Å²) in [6.07, 6.45) is 0.265. The van der Waals surface area contributed by atoms with E-state index in [9.17, 15) is 19.5 Å². The van der Waals surface area contributed by atoms with Gasteiger partial charge in [-0.2, -0.15) is 5.10 Å². The van der Waals surface area contributed by atoms with Gasteiger partial charge in [-0.05, 0) is 50.5 Å². The number of anilines is 2. The van der Waals surface area contributed by atoms with Gasteiger partial charge in [0.15, 0.2) is 0 Å². The summed E-state index contributed by atoms with van der Waals surface area (Å²) in [5.74, 6) is -0.548. The maximum absolute atomic E-state index is 13.4. The Kier molecular flexibility index (Phi) is 7.64. The second-order valence-electron chi connectivity index (χ2n) is 10.3. The Balaban J connectivity index is 1.45. The number of carboxylic acid groups (broad SMARTS) is 1. The molecule has 0 spiro atoms. The second kappa shape index (κ2) is 11.3. The molecule has 5 rings (SSSR count). The number of likely N-dealkylation sites (N-methyl/N-ethyl adjacent to an activating group) is 1. The molecule has 12 heteroatoms. The fraction of sp³-hybridized carbons (Fsp3) is 0.345. The van der Waals surface area contributed by atoms with Crippen LogP contribution in [-0.2, 0) is 13.1 Å². The summed E-state index contributed by atoms with van der Waals surface area (Å²) in [4.78, 5) is 45.6. The molecular weight excluding hydrogens is 524 g/mol. The third-order valence-corrected chi connectivity index (χ3v) is 7.42. The summed E-state index contributed by atoms with van der Waals surface area (Å²) in [5, 5.41) is 17.2. The largest absolute Gasteiger partial charge is 0.465 e. The molecule has 0 saturated heterocycles. The maximum atomic E-state index is 13.4. The number of carbonyl (C=O) groups is 3. The third kappa shape index (κ3) is 5.58. The molecule has 3 heterocycles. The number of nitrogens with two attached hydrogens (primary N) is 1. The van der Waals surface area contributed by atoms with E-state index in [-0.39, 0.29) is 11.9 Å². The SMILES string of the molecule is CCn1nc(C)cc1C(=O)Nc1nc2cc(C(N)=O)cc3c2n1[C@@H](CCCN(Cc1ccccc1)C(=O)O)CN3C. The molecule has 4 N–H and O–H groups in total. The van der Waals surface area contributed by atoms with Gasteiger partial charge in [-0.3, -0.25) is 19.6 Å². The van der Waals surface area contributed by atoms with Gasteiger partial charge in [-0.1, -0.05) is 30.3 Å². The van der Waals surface area contributed by atoms with Gasteiger partial charge in [0.25, 0.3) is 5.91 Å². The van der Waals surface area contributed by atoms with Gasteiger partial charge in [0.1, 0.15) is 5.69 Å². The van der Waals surface area contributed by atoms with E-state index >= 15 is 0 Å². The van der Waals surface area contributed by atoms with E-state index in [4.69, 9.17) is 10.7 Å². The third-order valence-electron chi connectivity index (χ3n) is 7.42. The first kappa shape index (κ1) is 27.7. The summed E-state index contributed by atoms with van der Waals surface area (Å²) >= 11 is 0. The van der Waals surface area contributed by atoms with E-state index < -0.39 is 12.0 Å². The van der Waals surface area contributed by atoms with Crippen LogP contribution in [0.2, 0.25) is 0 Å². The van der Waals surface area contributed by atoms with Gasteiger partial charge in [0, 0.05) is 38.8 Å². The second-order valence-corrected chi connectivity index (χ2v) is 10.3. The lowest BCUT2D eigenvalue weighted by Gasteiger charge is -2.34. The van der Waals surface area contributed by atoms with E-state index in [2.05, 4.69) is 10.4 Å². The van der Waals surface area contributed by atoms with Crippen LogP contribution in [0.15, 0.2) is 48.5 Å². The van der Waals surface area contributed by atoms with Crippen molar-refractivity contribution in [2.75, 3.05) is 30.4 Å². The number of nitrogens with zero attached hydrogens (tertiary/aromatic N) is 6. The zero-order chi connectivity index (χ0) is 29.3. The molecule has 1 aliphatic rings. The number of hydrogen-bond donors (Lipinski definition) is 3. The number of rotatable bonds is 10. The van der Waals surface area contributed by atoms with E-state index in [1.54, 1.807) is 22.9 Å². The number of hydrogen-bond acceptors (Lipinski definition) is 6. The van der Waals surface area contributed by atoms with E-state index in [0.29, 0.717) is 61.7 Å². The topological polar surface area (TPSA) is 152 Å². The minimum atomic E-state index is -0.972. The lowest BCUT2D eigenvalue weighted by Crippen LogP contribution is -2.35. The zero-order valence-corrected chi connectivity index (χ0v) is 23.4. The molecule has 41 heavy (non-hydrogen) atoms. The summed E-state index contributed by atoms with van der Waals surface area (Å²) in [6.45, 7) is 5.51. The molecule has 2 aromatic carbocycles. The molecule has 0 unspecified atom stereocenters. The molecular formula is C29H34N8O4. The van der Waals surface area contributed by atoms with Crippen LogP contribution >= 0.6 is 0 Å². The number of primary amides is 1. The highest BCUT2D eigenvalue weighted by atomic mass is 16.4. The average molecular weight is 559 g/mol. The van der Waals surface area contributed by atoms with E-state index in [1.807, 2.05) is 60.7 Å². The Morgan fingerprint density at radius 2 is 1.93 bits per heavy atom. The van der Waals surface area contributed by atoms with Crippen LogP contribution < -0.4 is 16.0 Å². The van der Waals surface area contributed by atoms with Crippen LogP contribution in [0.25, 0.3) is 11.0 Å². The molecule has 0 saturated carbocycles. The molecule has 1 aliphatic heterocycles. The molecule has 0 fully saturated rings. The minimum Gasteiger partial charge on any atom is -0.465 e. The van der Waals surface area contributed by atoms with Crippen LogP contribution in [0.1, 0.15) is 57.9 Å². The fourth-order valence-corrected chi connectivity index (χ4v) is 5.50. The molecule has 1 atom stereocenters. The molecule has 0 radical (unpaired) electrons. The van der Waals surface area contributed by atoms with E-state index in [0.717, 1.165) is 22.5 Å². The van der Waals surface area contributed by atoms with Crippen molar-refractivity contribution in [3.05, 3.63) is 71.0 Å². The normalized spacial score (nSPS) is 14.3. The highest BCUT2D eigenvalue weighted by Crippen LogP contribution is 2.39. The van der Waals surface area contributed by atoms with Crippen LogP contribution in [0.4, 0.5) is 16.4 Å². The van der Waals surface area contributed by atoms with Crippen molar-refractivity contribution in [2.24, 2.45) is 5.73 Å². The number of nitrogens with one attached hydrogen (secondary N) is 1. The van der Waals surface area contributed by atoms with Crippen LogP contribution in [0, 0.1) is 6.92 Å². The summed E-state index contributed by atoms with van der Waals surface area (Å²) in [6, 6.07) is 14.5. The Hall–Kier alpha value is -4.87. The van der Waals surface area contributed by atoms with Crippen molar-refractivity contribution in [3.8, 4) is 0 Å². The molecule has 2 aromatic heterocycles. The standard InChI is InChI=1S/C29H34N8O4/c1-4-36-24(13-18(2)33-36)27(39)32-28-31-22-14-20(26(30)38)15-23-25(22)37(28)21(17-34(23)3)11-8-12-35(29(40)41)16-19-9-6-5-7-10-19/h5-7,9-10,13-15,21H,4,8,11-12,16-17H2,1-3H3,(H2,30,38)(H,40,41)(H,31,32,39)/t21-/m0/s1. The van der Waals surface area contributed by atoms with Crippen molar-refractivity contribution in [2.45, 2.75) is 45.8 Å². The van der Waals surface area contributed by atoms with Crippen LogP contribution in [0.3, 0.4) is 0 Å². The fourth-order valence-electron chi connectivity index (χ4n) is 5.50. The zero-order valence-electron chi connectivity index (χ0n) is 23.4. The minimum absolute atomic E-state index is 0.113. The Bertz CT molecular complexity index is 1610. The van der Waals surface area contributed by atoms with Crippen LogP contribution in [-0.4, -0.2) is 67.4 Å². The van der Waals surface area contributed by atoms with Crippen molar-refractivity contribution in [1.82, 2.24) is 24.2 Å². The highest BCUT2D eigenvalue weighted by Gasteiger charge is 2.31. The van der Waals surface area contributed by atoms with E-state index in [1.165, 1.54) is 4.90 Å². The molecule has 12 nitrogen and oxygen atoms in total. The molecule has 0 aliphatic carbocycles. The van der Waals surface area contributed by atoms with Crippen molar-refractivity contribution in [3.63, 3.8) is 0 Å². The Morgan fingerprint density at radius 3 is 2.61 bits per heavy atom. The van der Waals surface area contributed by atoms with Gasteiger partial charge < -0.3 is 25.2 Å². The van der Waals surface area contributed by atoms with Gasteiger partial charge in [-0.15, -0.1) is 0 Å². The first-order valence-corrected chi connectivity index (χ1v) is 13.6. The number of carbonyl (C=O) groups excluding carboxylic acids is 2. The summed E-state index contributed by atoms with van der Waals surface area (Å²) in [5.41, 5.74) is 10.1. The lowest BCUT2D eigenvalue weighted by molar-refractivity contribution is 0.0996. The predicted octanol–water partition coefficient (Wildman–Crippen LogP) is 3.86. The molecule has 3 amide bonds. The highest BCUT2D eigenvalue weighted by molar-refractivity contribution is 6.05. The number of aryl methyl sites for hydroxylation is 2. The van der Waals surface area contributed by atoms with Gasteiger partial charge >= 0.3 is 6.09 Å². The number of amides is 3. The van der Waals surface area contributed by atoms with Crippen LogP contribution in [0.5, 0.6) is 0 Å². The van der Waals surface area contributed by atoms with Gasteiger partial charge in [0.2, 0.25) is 11.9 Å². The number of benzene rings is 2. The van der Waals surface area contributed by atoms with Crippen molar-refractivity contribution < 1.29 is 19.5 Å². The Morgan fingerprint density at radius 1 is 1.17 bits per heavy atom. The lowest BCUT2D eigenvalue weighted by atomic mass is 10.0. The average Bonchev–Trinajstić information content (AvgIpc) is 3.51. The first-order valence-electron chi connectivity index (χ1n) is 13.6. The smallest absolute Gasteiger partial charge is 0.407 e. The predicted molar refractivity (Wildman–Crippen MR) is 155 cm³/mol. The molecule has 0 bridgehead atoms. The van der Waals surface area contributed by atoms with Gasteiger partial charge in [0.05, 0.1) is 28.5 Å². The molecule has 214 valence electrons. The number of aromatic nitrogens is 4. The van der Waals surface area contributed by atoms with Crippen molar-refractivity contribution in [1.29, 1.82) is 0 Å². The Labute approximate surface area is 237 Å². The van der Waals surface area contributed by atoms with Gasteiger partial charge in [-0.25, -0.2) is 9.78 Å². The summed E-state index contributed by atoms with van der Waals surface area (Å²) in [7, 11) is 1.93. The first-order chi connectivity index (χ1) is 19.7. The number of imidazole rings is 1.